The molecule has 0 saturated carbocycles. The number of nitrogens with zero attached hydrogens (tertiary/aromatic N) is 1. The van der Waals surface area contributed by atoms with Gasteiger partial charge < -0.3 is 15.4 Å². The van der Waals surface area contributed by atoms with Crippen LogP contribution in [0.5, 0.6) is 0 Å². The second-order valence-corrected chi connectivity index (χ2v) is 4.03. The molecule has 0 aromatic rings. The number of ether oxygens (including phenoxy) is 1. The molecule has 1 aliphatic rings. The van der Waals surface area contributed by atoms with Gasteiger partial charge in [-0.05, 0) is 19.8 Å². The molecule has 0 bridgehead atoms. The fourth-order valence-corrected chi connectivity index (χ4v) is 1.46. The summed E-state index contributed by atoms with van der Waals surface area (Å²) in [6.07, 6.45) is 1.58. The molecule has 1 aliphatic heterocycles. The average Bonchev–Trinajstić information content (AvgIpc) is 2.44. The molecule has 1 saturated heterocycles. The minimum absolute atomic E-state index is 0.0468. The molecule has 1 unspecified atom stereocenters. The highest BCUT2D eigenvalue weighted by molar-refractivity contribution is 5.85. The van der Waals surface area contributed by atoms with Gasteiger partial charge in [-0.3, -0.25) is 4.79 Å². The lowest BCUT2D eigenvalue weighted by atomic mass is 9.98. The van der Waals surface area contributed by atoms with Crippen molar-refractivity contribution in [3.63, 3.8) is 0 Å². The zero-order valence-corrected chi connectivity index (χ0v) is 9.08. The molecular weight excluding hydrogens is 180 g/mol. The van der Waals surface area contributed by atoms with Crippen LogP contribution in [0.4, 0.5) is 0 Å². The van der Waals surface area contributed by atoms with Crippen LogP contribution < -0.4 is 5.73 Å². The molecule has 1 atom stereocenters. The highest BCUT2D eigenvalue weighted by Gasteiger charge is 2.30. The van der Waals surface area contributed by atoms with Crippen LogP contribution in [0.25, 0.3) is 0 Å². The van der Waals surface area contributed by atoms with Crippen LogP contribution in [0, 0.1) is 0 Å². The molecule has 1 amide bonds. The predicted octanol–water partition coefficient (Wildman–Crippen LogP) is 0.363. The van der Waals surface area contributed by atoms with Crippen molar-refractivity contribution in [3.05, 3.63) is 0 Å². The van der Waals surface area contributed by atoms with Crippen molar-refractivity contribution >= 4 is 5.91 Å². The summed E-state index contributed by atoms with van der Waals surface area (Å²) in [7, 11) is 0. The van der Waals surface area contributed by atoms with Gasteiger partial charge in [-0.15, -0.1) is 0 Å². The molecule has 0 aliphatic carbocycles. The molecule has 4 nitrogen and oxygen atoms in total. The quantitative estimate of drug-likeness (QED) is 0.700. The molecule has 82 valence electrons. The van der Waals surface area contributed by atoms with Crippen LogP contribution >= 0.6 is 0 Å². The van der Waals surface area contributed by atoms with Crippen LogP contribution in [-0.2, 0) is 9.53 Å². The maximum Gasteiger partial charge on any atom is 0.242 e. The maximum absolute atomic E-state index is 11.9. The van der Waals surface area contributed by atoms with Gasteiger partial charge >= 0.3 is 0 Å². The molecule has 0 aromatic carbocycles. The van der Waals surface area contributed by atoms with Crippen LogP contribution in [0.2, 0.25) is 0 Å². The van der Waals surface area contributed by atoms with Gasteiger partial charge in [0.25, 0.3) is 0 Å². The molecular formula is C10H20N2O2. The Morgan fingerprint density at radius 3 is 2.86 bits per heavy atom. The summed E-state index contributed by atoms with van der Waals surface area (Å²) >= 11 is 0. The van der Waals surface area contributed by atoms with Crippen molar-refractivity contribution in [1.82, 2.24) is 4.90 Å². The second-order valence-electron chi connectivity index (χ2n) is 4.03. The first-order valence-corrected chi connectivity index (χ1v) is 5.24. The third-order valence-corrected chi connectivity index (χ3v) is 2.73. The molecule has 1 fully saturated rings. The first kappa shape index (κ1) is 11.5. The third-order valence-electron chi connectivity index (χ3n) is 2.73. The first-order valence-electron chi connectivity index (χ1n) is 5.24. The maximum atomic E-state index is 11.9. The fraction of sp³-hybridized carbons (Fsp3) is 0.900. The fourth-order valence-electron chi connectivity index (χ4n) is 1.46. The Morgan fingerprint density at radius 1 is 1.50 bits per heavy atom. The van der Waals surface area contributed by atoms with Crippen molar-refractivity contribution in [1.29, 1.82) is 0 Å². The van der Waals surface area contributed by atoms with E-state index in [0.717, 1.165) is 19.6 Å². The summed E-state index contributed by atoms with van der Waals surface area (Å²) < 4.78 is 5.29. The largest absolute Gasteiger partial charge is 0.380 e. The zero-order chi connectivity index (χ0) is 10.6. The Balaban J connectivity index is 2.58. The molecule has 2 N–H and O–H groups in total. The van der Waals surface area contributed by atoms with E-state index in [1.807, 2.05) is 11.8 Å². The summed E-state index contributed by atoms with van der Waals surface area (Å²) in [5, 5.41) is 0. The molecule has 4 heteroatoms. The Labute approximate surface area is 85.4 Å². The summed E-state index contributed by atoms with van der Waals surface area (Å²) in [6, 6.07) is 0. The monoisotopic (exact) mass is 200 g/mol. The highest BCUT2D eigenvalue weighted by Crippen LogP contribution is 2.11. The van der Waals surface area contributed by atoms with Crippen molar-refractivity contribution < 1.29 is 9.53 Å². The van der Waals surface area contributed by atoms with Gasteiger partial charge in [-0.1, -0.05) is 6.92 Å². The van der Waals surface area contributed by atoms with E-state index in [-0.39, 0.29) is 5.91 Å². The molecule has 1 heterocycles. The second kappa shape index (κ2) is 4.75. The van der Waals surface area contributed by atoms with E-state index in [1.165, 1.54) is 0 Å². The normalized spacial score (nSPS) is 22.6. The van der Waals surface area contributed by atoms with E-state index in [2.05, 4.69) is 0 Å². The van der Waals surface area contributed by atoms with Crippen molar-refractivity contribution in [2.24, 2.45) is 5.73 Å². The minimum atomic E-state index is -0.718. The Hall–Kier alpha value is -0.610. The number of carbonyl (C=O) groups excluding carboxylic acids is 1. The number of rotatable bonds is 2. The summed E-state index contributed by atoms with van der Waals surface area (Å²) in [6.45, 7) is 6.55. The van der Waals surface area contributed by atoms with Gasteiger partial charge in [0.2, 0.25) is 5.91 Å². The molecule has 0 spiro atoms. The van der Waals surface area contributed by atoms with E-state index in [9.17, 15) is 4.79 Å². The Kier molecular flexibility index (Phi) is 3.89. The molecule has 1 rings (SSSR count). The average molecular weight is 200 g/mol. The Bertz CT molecular complexity index is 196. The Morgan fingerprint density at radius 2 is 2.21 bits per heavy atom. The van der Waals surface area contributed by atoms with E-state index in [4.69, 9.17) is 10.5 Å². The van der Waals surface area contributed by atoms with Gasteiger partial charge in [0.15, 0.2) is 0 Å². The summed E-state index contributed by atoms with van der Waals surface area (Å²) in [5.74, 6) is 0.0468. The van der Waals surface area contributed by atoms with Crippen LogP contribution in [-0.4, -0.2) is 42.6 Å². The molecule has 14 heavy (non-hydrogen) atoms. The molecule has 0 radical (unpaired) electrons. The summed E-state index contributed by atoms with van der Waals surface area (Å²) in [5.41, 5.74) is 5.19. The lowest BCUT2D eigenvalue weighted by Crippen LogP contribution is -2.53. The van der Waals surface area contributed by atoms with Gasteiger partial charge in [-0.2, -0.15) is 0 Å². The van der Waals surface area contributed by atoms with Gasteiger partial charge in [0.1, 0.15) is 0 Å². The SMILES string of the molecule is CCC(C)(N)C(=O)N1CCCOCC1. The highest BCUT2D eigenvalue weighted by atomic mass is 16.5. The number of amides is 1. The number of carbonyl (C=O) groups is 1. The standard InChI is InChI=1S/C10H20N2O2/c1-3-10(2,11)9(13)12-5-4-7-14-8-6-12/h3-8,11H2,1-2H3. The minimum Gasteiger partial charge on any atom is -0.380 e. The lowest BCUT2D eigenvalue weighted by molar-refractivity contribution is -0.136. The van der Waals surface area contributed by atoms with Gasteiger partial charge in [0.05, 0.1) is 12.1 Å². The lowest BCUT2D eigenvalue weighted by Gasteiger charge is -2.29. The topological polar surface area (TPSA) is 55.6 Å². The van der Waals surface area contributed by atoms with Gasteiger partial charge in [-0.25, -0.2) is 0 Å². The number of hydrogen-bond acceptors (Lipinski definition) is 3. The van der Waals surface area contributed by atoms with Crippen LogP contribution in [0.15, 0.2) is 0 Å². The van der Waals surface area contributed by atoms with Crippen molar-refractivity contribution in [2.75, 3.05) is 26.3 Å². The van der Waals surface area contributed by atoms with Crippen LogP contribution in [0.1, 0.15) is 26.7 Å². The van der Waals surface area contributed by atoms with Crippen molar-refractivity contribution in [3.8, 4) is 0 Å². The zero-order valence-electron chi connectivity index (χ0n) is 9.08. The van der Waals surface area contributed by atoms with E-state index in [1.54, 1.807) is 6.92 Å². The van der Waals surface area contributed by atoms with E-state index >= 15 is 0 Å². The van der Waals surface area contributed by atoms with Gasteiger partial charge in [0, 0.05) is 19.7 Å². The summed E-state index contributed by atoms with van der Waals surface area (Å²) in [4.78, 5) is 13.8. The van der Waals surface area contributed by atoms with E-state index < -0.39 is 5.54 Å². The van der Waals surface area contributed by atoms with Crippen molar-refractivity contribution in [2.45, 2.75) is 32.2 Å². The van der Waals surface area contributed by atoms with Crippen LogP contribution in [0.3, 0.4) is 0 Å². The van der Waals surface area contributed by atoms with E-state index in [0.29, 0.717) is 19.6 Å². The number of nitrogens with two attached hydrogens (primary N) is 1. The smallest absolute Gasteiger partial charge is 0.242 e. The first-order chi connectivity index (χ1) is 6.58. The predicted molar refractivity (Wildman–Crippen MR) is 54.9 cm³/mol. The third kappa shape index (κ3) is 2.69. The number of hydrogen-bond donors (Lipinski definition) is 1. The molecule has 0 aromatic heterocycles.